The fourth-order valence-electron chi connectivity index (χ4n) is 1.44. The standard InChI is InChI=1S/C10H23N5O4/c11-8(5-16-1-6-2-17-6)9(12,13)10(14,15)19-4-7-3-18-7/h6-8H,1-5,11-15H2. The van der Waals surface area contributed by atoms with Crippen LogP contribution < -0.4 is 28.7 Å². The van der Waals surface area contributed by atoms with Crippen molar-refractivity contribution in [3.63, 3.8) is 0 Å². The molecule has 112 valence electrons. The molecule has 0 aromatic heterocycles. The first kappa shape index (κ1) is 15.0. The molecular formula is C10H23N5O4. The molecule has 0 spiro atoms. The first-order valence-electron chi connectivity index (χ1n) is 6.19. The smallest absolute Gasteiger partial charge is 0.203 e. The van der Waals surface area contributed by atoms with Crippen molar-refractivity contribution in [1.29, 1.82) is 0 Å². The van der Waals surface area contributed by atoms with Crippen molar-refractivity contribution in [1.82, 2.24) is 0 Å². The third-order valence-electron chi connectivity index (χ3n) is 3.20. The largest absolute Gasteiger partial charge is 0.377 e. The number of nitrogens with two attached hydrogens (primary N) is 5. The SMILES string of the molecule is NC(COCC1CO1)C(N)(N)C(N)(N)OCC1CO1. The molecule has 2 aliphatic heterocycles. The highest BCUT2D eigenvalue weighted by Gasteiger charge is 2.47. The highest BCUT2D eigenvalue weighted by atomic mass is 16.6. The van der Waals surface area contributed by atoms with Crippen molar-refractivity contribution in [2.75, 3.05) is 33.0 Å². The predicted molar refractivity (Wildman–Crippen MR) is 66.4 cm³/mol. The molecule has 0 aromatic rings. The van der Waals surface area contributed by atoms with Crippen LogP contribution >= 0.6 is 0 Å². The van der Waals surface area contributed by atoms with Crippen LogP contribution in [0.5, 0.6) is 0 Å². The Kier molecular flexibility index (Phi) is 4.40. The van der Waals surface area contributed by atoms with E-state index in [1.165, 1.54) is 0 Å². The minimum atomic E-state index is -1.77. The average Bonchev–Trinajstić information content (AvgIpc) is 3.20. The minimum Gasteiger partial charge on any atom is -0.377 e. The summed E-state index contributed by atoms with van der Waals surface area (Å²) in [5.74, 6) is -1.77. The van der Waals surface area contributed by atoms with Crippen molar-refractivity contribution < 1.29 is 18.9 Å². The van der Waals surface area contributed by atoms with Gasteiger partial charge in [0.2, 0.25) is 5.85 Å². The summed E-state index contributed by atoms with van der Waals surface area (Å²) >= 11 is 0. The number of rotatable bonds is 9. The second-order valence-electron chi connectivity index (χ2n) is 5.09. The number of hydrogen-bond donors (Lipinski definition) is 5. The first-order valence-corrected chi connectivity index (χ1v) is 6.19. The molecule has 9 nitrogen and oxygen atoms in total. The summed E-state index contributed by atoms with van der Waals surface area (Å²) in [6.45, 7) is 2.12. The summed E-state index contributed by atoms with van der Waals surface area (Å²) in [6, 6.07) is -0.777. The molecule has 2 heterocycles. The zero-order chi connectivity index (χ0) is 14.1. The van der Waals surface area contributed by atoms with Gasteiger partial charge < -0.3 is 36.1 Å². The molecule has 19 heavy (non-hydrogen) atoms. The maximum atomic E-state index is 5.90. The molecule has 3 unspecified atom stereocenters. The van der Waals surface area contributed by atoms with Crippen molar-refractivity contribution in [2.24, 2.45) is 28.7 Å². The second kappa shape index (κ2) is 5.56. The van der Waals surface area contributed by atoms with Gasteiger partial charge in [0, 0.05) is 0 Å². The van der Waals surface area contributed by atoms with Gasteiger partial charge in [-0.3, -0.25) is 11.5 Å². The predicted octanol–water partition coefficient (Wildman–Crippen LogP) is -3.67. The van der Waals surface area contributed by atoms with E-state index in [0.717, 1.165) is 0 Å². The molecule has 2 rings (SSSR count). The average molecular weight is 277 g/mol. The van der Waals surface area contributed by atoms with E-state index >= 15 is 0 Å². The van der Waals surface area contributed by atoms with Gasteiger partial charge in [-0.1, -0.05) is 0 Å². The van der Waals surface area contributed by atoms with Gasteiger partial charge in [0.05, 0.1) is 39.1 Å². The molecule has 10 N–H and O–H groups in total. The minimum absolute atomic E-state index is 0.00163. The molecule has 3 atom stereocenters. The highest BCUT2D eigenvalue weighted by Crippen LogP contribution is 2.17. The van der Waals surface area contributed by atoms with Gasteiger partial charge in [-0.05, 0) is 0 Å². The van der Waals surface area contributed by atoms with Gasteiger partial charge in [-0.25, -0.2) is 0 Å². The van der Waals surface area contributed by atoms with Crippen LogP contribution in [0.4, 0.5) is 0 Å². The van der Waals surface area contributed by atoms with E-state index < -0.39 is 17.6 Å². The molecule has 2 aliphatic rings. The van der Waals surface area contributed by atoms with Crippen LogP contribution in [-0.2, 0) is 18.9 Å². The maximum absolute atomic E-state index is 5.90. The van der Waals surface area contributed by atoms with E-state index in [1.807, 2.05) is 0 Å². The lowest BCUT2D eigenvalue weighted by Crippen LogP contribution is -2.83. The van der Waals surface area contributed by atoms with Crippen molar-refractivity contribution in [2.45, 2.75) is 29.8 Å². The van der Waals surface area contributed by atoms with Crippen LogP contribution in [0, 0.1) is 0 Å². The summed E-state index contributed by atoms with van der Waals surface area (Å²) < 4.78 is 20.6. The Balaban J connectivity index is 1.77. The summed E-state index contributed by atoms with van der Waals surface area (Å²) in [4.78, 5) is 0. The van der Waals surface area contributed by atoms with Gasteiger partial charge in [0.25, 0.3) is 0 Å². The Morgan fingerprint density at radius 1 is 1.05 bits per heavy atom. The number of hydrogen-bond acceptors (Lipinski definition) is 9. The van der Waals surface area contributed by atoms with E-state index in [2.05, 4.69) is 0 Å². The van der Waals surface area contributed by atoms with E-state index in [0.29, 0.717) is 19.8 Å². The Hall–Kier alpha value is -0.360. The number of ether oxygens (including phenoxy) is 4. The summed E-state index contributed by atoms with van der Waals surface area (Å²) in [6.07, 6.45) is 0.141. The Labute approximate surface area is 111 Å². The van der Waals surface area contributed by atoms with Crippen molar-refractivity contribution in [3.8, 4) is 0 Å². The van der Waals surface area contributed by atoms with Crippen LogP contribution in [0.15, 0.2) is 0 Å². The molecule has 0 radical (unpaired) electrons. The third-order valence-corrected chi connectivity index (χ3v) is 3.20. The van der Waals surface area contributed by atoms with Crippen molar-refractivity contribution in [3.05, 3.63) is 0 Å². The van der Waals surface area contributed by atoms with Crippen LogP contribution in [0.3, 0.4) is 0 Å². The zero-order valence-electron chi connectivity index (χ0n) is 10.8. The van der Waals surface area contributed by atoms with E-state index in [1.54, 1.807) is 0 Å². The lowest BCUT2D eigenvalue weighted by Gasteiger charge is -2.42. The Morgan fingerprint density at radius 3 is 2.11 bits per heavy atom. The van der Waals surface area contributed by atoms with E-state index in [9.17, 15) is 0 Å². The highest BCUT2D eigenvalue weighted by molar-refractivity contribution is 5.01. The van der Waals surface area contributed by atoms with Crippen LogP contribution in [-0.4, -0.2) is 62.8 Å². The Bertz CT molecular complexity index is 306. The molecule has 0 aromatic carbocycles. The maximum Gasteiger partial charge on any atom is 0.203 e. The van der Waals surface area contributed by atoms with Gasteiger partial charge >= 0.3 is 0 Å². The van der Waals surface area contributed by atoms with Crippen LogP contribution in [0.25, 0.3) is 0 Å². The molecule has 9 heteroatoms. The van der Waals surface area contributed by atoms with E-state index in [-0.39, 0.29) is 25.4 Å². The van der Waals surface area contributed by atoms with Gasteiger partial charge in [-0.15, -0.1) is 0 Å². The molecule has 0 bridgehead atoms. The van der Waals surface area contributed by atoms with Crippen LogP contribution in [0.2, 0.25) is 0 Å². The third kappa shape index (κ3) is 4.05. The topological polar surface area (TPSA) is 174 Å². The monoisotopic (exact) mass is 277 g/mol. The fraction of sp³-hybridized carbons (Fsp3) is 1.00. The lowest BCUT2D eigenvalue weighted by molar-refractivity contribution is -0.108. The summed E-state index contributed by atoms with van der Waals surface area (Å²) in [5, 5.41) is 0. The molecule has 2 saturated heterocycles. The lowest BCUT2D eigenvalue weighted by atomic mass is 9.98. The van der Waals surface area contributed by atoms with Gasteiger partial charge in [0.15, 0.2) is 0 Å². The normalized spacial score (nSPS) is 28.3. The first-order chi connectivity index (χ1) is 8.83. The van der Waals surface area contributed by atoms with Gasteiger partial charge in [-0.2, -0.15) is 0 Å². The summed E-state index contributed by atoms with van der Waals surface area (Å²) in [7, 11) is 0. The summed E-state index contributed by atoms with van der Waals surface area (Å²) in [5.41, 5.74) is 27.7. The second-order valence-corrected chi connectivity index (χ2v) is 5.09. The Morgan fingerprint density at radius 2 is 1.58 bits per heavy atom. The molecule has 0 aliphatic carbocycles. The molecule has 2 fully saturated rings. The zero-order valence-corrected chi connectivity index (χ0v) is 10.8. The number of epoxide rings is 2. The van der Waals surface area contributed by atoms with Gasteiger partial charge in [0.1, 0.15) is 17.9 Å². The van der Waals surface area contributed by atoms with E-state index in [4.69, 9.17) is 47.6 Å². The fourth-order valence-corrected chi connectivity index (χ4v) is 1.44. The molecule has 0 saturated carbocycles. The van der Waals surface area contributed by atoms with Crippen LogP contribution in [0.1, 0.15) is 0 Å². The molecule has 0 amide bonds. The van der Waals surface area contributed by atoms with Crippen molar-refractivity contribution >= 4 is 0 Å². The molecular weight excluding hydrogens is 254 g/mol. The quantitative estimate of drug-likeness (QED) is 0.210.